The van der Waals surface area contributed by atoms with Gasteiger partial charge in [-0.05, 0) is 19.3 Å². The van der Waals surface area contributed by atoms with Gasteiger partial charge in [0.2, 0.25) is 0 Å². The lowest BCUT2D eigenvalue weighted by molar-refractivity contribution is -0.147. The first-order valence-corrected chi connectivity index (χ1v) is 5.03. The predicted molar refractivity (Wildman–Crippen MR) is 53.0 cm³/mol. The highest BCUT2D eigenvalue weighted by Crippen LogP contribution is 2.01. The lowest BCUT2D eigenvalue weighted by atomic mass is 10.2. The lowest BCUT2D eigenvalue weighted by Gasteiger charge is -2.03. The molecule has 0 N–H and O–H groups in total. The number of ether oxygens (including phenoxy) is 3. The maximum absolute atomic E-state index is 11.0. The van der Waals surface area contributed by atoms with Crippen molar-refractivity contribution in [2.45, 2.75) is 25.7 Å². The molecular formula is C10H15NO5. The number of carbonyl (C=O) groups excluding carboxylic acids is 2. The molecule has 0 saturated heterocycles. The standard InChI is InChI=1S/C10H15NO5/c11-8-14-5-3-1-2-4-10(13)16-7-6-15-9-12/h9H,1-7H2. The van der Waals surface area contributed by atoms with Crippen molar-refractivity contribution in [1.82, 2.24) is 0 Å². The van der Waals surface area contributed by atoms with Crippen LogP contribution in [0, 0.1) is 11.5 Å². The fourth-order valence-electron chi connectivity index (χ4n) is 0.990. The number of unbranched alkanes of at least 4 members (excludes halogenated alkanes) is 2. The van der Waals surface area contributed by atoms with Gasteiger partial charge in [0.25, 0.3) is 12.7 Å². The smallest absolute Gasteiger partial charge is 0.305 e. The van der Waals surface area contributed by atoms with Crippen LogP contribution in [0.15, 0.2) is 0 Å². The van der Waals surface area contributed by atoms with E-state index >= 15 is 0 Å². The molecule has 0 aliphatic rings. The van der Waals surface area contributed by atoms with Gasteiger partial charge in [-0.3, -0.25) is 9.59 Å². The van der Waals surface area contributed by atoms with Crippen LogP contribution in [0.25, 0.3) is 0 Å². The molecule has 0 bridgehead atoms. The maximum atomic E-state index is 11.0. The molecule has 0 saturated carbocycles. The zero-order chi connectivity index (χ0) is 12.1. The molecular weight excluding hydrogens is 214 g/mol. The van der Waals surface area contributed by atoms with Gasteiger partial charge in [-0.2, -0.15) is 5.26 Å². The zero-order valence-electron chi connectivity index (χ0n) is 9.02. The second-order valence-electron chi connectivity index (χ2n) is 2.94. The summed E-state index contributed by atoms with van der Waals surface area (Å²) in [6.07, 6.45) is 4.15. The molecule has 0 aliphatic heterocycles. The van der Waals surface area contributed by atoms with Crippen LogP contribution in [-0.4, -0.2) is 32.3 Å². The Labute approximate surface area is 94.1 Å². The summed E-state index contributed by atoms with van der Waals surface area (Å²) in [5, 5.41) is 8.07. The quantitative estimate of drug-likeness (QED) is 0.238. The van der Waals surface area contributed by atoms with Crippen LogP contribution in [0.2, 0.25) is 0 Å². The molecule has 0 fully saturated rings. The molecule has 0 radical (unpaired) electrons. The average molecular weight is 229 g/mol. The monoisotopic (exact) mass is 229 g/mol. The Hall–Kier alpha value is -1.77. The van der Waals surface area contributed by atoms with E-state index in [9.17, 15) is 9.59 Å². The van der Waals surface area contributed by atoms with E-state index in [4.69, 9.17) is 10.00 Å². The Kier molecular flexibility index (Phi) is 10.1. The fraction of sp³-hybridized carbons (Fsp3) is 0.700. The van der Waals surface area contributed by atoms with Crippen LogP contribution < -0.4 is 0 Å². The fourth-order valence-corrected chi connectivity index (χ4v) is 0.990. The highest BCUT2D eigenvalue weighted by atomic mass is 16.6. The molecule has 0 unspecified atom stereocenters. The highest BCUT2D eigenvalue weighted by molar-refractivity contribution is 5.69. The summed E-state index contributed by atoms with van der Waals surface area (Å²) in [5.41, 5.74) is 0. The van der Waals surface area contributed by atoms with Crippen LogP contribution >= 0.6 is 0 Å². The number of rotatable bonds is 10. The normalized spacial score (nSPS) is 8.94. The van der Waals surface area contributed by atoms with Crippen LogP contribution in [0.4, 0.5) is 0 Å². The summed E-state index contributed by atoms with van der Waals surface area (Å²) >= 11 is 0. The largest absolute Gasteiger partial charge is 0.464 e. The Balaban J connectivity index is 3.18. The van der Waals surface area contributed by atoms with Gasteiger partial charge in [0, 0.05) is 6.42 Å². The van der Waals surface area contributed by atoms with E-state index in [1.165, 1.54) is 0 Å². The van der Waals surface area contributed by atoms with Crippen molar-refractivity contribution in [3.05, 3.63) is 0 Å². The third-order valence-electron chi connectivity index (χ3n) is 1.72. The van der Waals surface area contributed by atoms with E-state index in [1.54, 1.807) is 6.26 Å². The number of carbonyl (C=O) groups is 2. The molecule has 0 aromatic rings. The van der Waals surface area contributed by atoms with Crippen molar-refractivity contribution >= 4 is 12.4 Å². The number of esters is 1. The molecule has 90 valence electrons. The Morgan fingerprint density at radius 1 is 1.19 bits per heavy atom. The van der Waals surface area contributed by atoms with E-state index < -0.39 is 0 Å². The summed E-state index contributed by atoms with van der Waals surface area (Å²) in [5.74, 6) is -0.310. The van der Waals surface area contributed by atoms with E-state index in [0.29, 0.717) is 25.9 Å². The Morgan fingerprint density at radius 2 is 2.00 bits per heavy atom. The van der Waals surface area contributed by atoms with Crippen LogP contribution in [-0.2, 0) is 23.8 Å². The van der Waals surface area contributed by atoms with Gasteiger partial charge in [0.1, 0.15) is 19.8 Å². The molecule has 0 atom stereocenters. The summed E-state index contributed by atoms with van der Waals surface area (Å²) in [4.78, 5) is 20.8. The lowest BCUT2D eigenvalue weighted by Crippen LogP contribution is -2.09. The van der Waals surface area contributed by atoms with Gasteiger partial charge in [0.15, 0.2) is 0 Å². The molecule has 0 aromatic carbocycles. The predicted octanol–water partition coefficient (Wildman–Crippen LogP) is 0.761. The van der Waals surface area contributed by atoms with Crippen molar-refractivity contribution in [2.75, 3.05) is 19.8 Å². The summed E-state index contributed by atoms with van der Waals surface area (Å²) in [6.45, 7) is 0.877. The average Bonchev–Trinajstić information content (AvgIpc) is 2.29. The summed E-state index contributed by atoms with van der Waals surface area (Å²) in [6, 6.07) is 0. The molecule has 16 heavy (non-hydrogen) atoms. The third-order valence-corrected chi connectivity index (χ3v) is 1.72. The highest BCUT2D eigenvalue weighted by Gasteiger charge is 2.02. The van der Waals surface area contributed by atoms with Gasteiger partial charge in [-0.1, -0.05) is 0 Å². The van der Waals surface area contributed by atoms with Gasteiger partial charge >= 0.3 is 5.97 Å². The van der Waals surface area contributed by atoms with E-state index in [0.717, 1.165) is 12.8 Å². The SMILES string of the molecule is N#COCCCCCC(=O)OCCOC=O. The van der Waals surface area contributed by atoms with Gasteiger partial charge < -0.3 is 14.2 Å². The van der Waals surface area contributed by atoms with Crippen LogP contribution in [0.5, 0.6) is 0 Å². The van der Waals surface area contributed by atoms with Crippen molar-refractivity contribution in [1.29, 1.82) is 5.26 Å². The van der Waals surface area contributed by atoms with Gasteiger partial charge in [-0.25, -0.2) is 0 Å². The van der Waals surface area contributed by atoms with Crippen LogP contribution in [0.3, 0.4) is 0 Å². The second-order valence-corrected chi connectivity index (χ2v) is 2.94. The van der Waals surface area contributed by atoms with Crippen molar-refractivity contribution in [3.63, 3.8) is 0 Å². The number of hydrogen-bond donors (Lipinski definition) is 0. The molecule has 6 nitrogen and oxygen atoms in total. The van der Waals surface area contributed by atoms with Crippen LogP contribution in [0.1, 0.15) is 25.7 Å². The minimum absolute atomic E-state index is 0.0885. The van der Waals surface area contributed by atoms with E-state index in [-0.39, 0.29) is 19.2 Å². The summed E-state index contributed by atoms with van der Waals surface area (Å²) in [7, 11) is 0. The van der Waals surface area contributed by atoms with Crippen molar-refractivity contribution in [3.8, 4) is 6.26 Å². The number of nitrogens with zero attached hydrogens (tertiary/aromatic N) is 1. The first-order chi connectivity index (χ1) is 7.81. The molecule has 0 heterocycles. The molecule has 0 spiro atoms. The molecule has 0 aliphatic carbocycles. The van der Waals surface area contributed by atoms with Gasteiger partial charge in [-0.15, -0.1) is 0 Å². The van der Waals surface area contributed by atoms with E-state index in [2.05, 4.69) is 9.47 Å². The molecule has 0 amide bonds. The second kappa shape index (κ2) is 11.3. The zero-order valence-corrected chi connectivity index (χ0v) is 9.02. The minimum atomic E-state index is -0.310. The molecule has 0 rings (SSSR count). The van der Waals surface area contributed by atoms with Crippen molar-refractivity contribution in [2.24, 2.45) is 0 Å². The first kappa shape index (κ1) is 14.2. The molecule has 6 heteroatoms. The summed E-state index contributed by atoms with van der Waals surface area (Å²) < 4.78 is 13.6. The molecule has 0 aromatic heterocycles. The topological polar surface area (TPSA) is 85.6 Å². The number of hydrogen-bond acceptors (Lipinski definition) is 6. The number of nitriles is 1. The third kappa shape index (κ3) is 10.3. The van der Waals surface area contributed by atoms with Gasteiger partial charge in [0.05, 0.1) is 0 Å². The minimum Gasteiger partial charge on any atom is -0.464 e. The van der Waals surface area contributed by atoms with E-state index in [1.807, 2.05) is 0 Å². The Morgan fingerprint density at radius 3 is 2.69 bits per heavy atom. The maximum Gasteiger partial charge on any atom is 0.305 e. The van der Waals surface area contributed by atoms with Crippen molar-refractivity contribution < 1.29 is 23.8 Å². The Bertz CT molecular complexity index is 236. The first-order valence-electron chi connectivity index (χ1n) is 5.03.